The Morgan fingerprint density at radius 1 is 1.33 bits per heavy atom. The predicted molar refractivity (Wildman–Crippen MR) is 84.3 cm³/mol. The van der Waals surface area contributed by atoms with Gasteiger partial charge in [-0.25, -0.2) is 0 Å². The van der Waals surface area contributed by atoms with Crippen molar-refractivity contribution in [2.75, 3.05) is 32.8 Å². The van der Waals surface area contributed by atoms with Gasteiger partial charge in [0.2, 0.25) is 5.91 Å². The highest BCUT2D eigenvalue weighted by molar-refractivity contribution is 5.85. The molecular formula is C14H28ClN3O3. The topological polar surface area (TPSA) is 84.7 Å². The van der Waals surface area contributed by atoms with Crippen molar-refractivity contribution in [3.05, 3.63) is 0 Å². The van der Waals surface area contributed by atoms with Crippen LogP contribution in [-0.2, 0) is 14.3 Å². The van der Waals surface area contributed by atoms with Gasteiger partial charge in [-0.05, 0) is 46.7 Å². The summed E-state index contributed by atoms with van der Waals surface area (Å²) in [4.78, 5) is 25.4. The lowest BCUT2D eigenvalue weighted by molar-refractivity contribution is -0.144. The maximum absolute atomic E-state index is 11.9. The molecular weight excluding hydrogens is 294 g/mol. The Balaban J connectivity index is 0.00000400. The molecule has 1 saturated heterocycles. The highest BCUT2D eigenvalue weighted by Crippen LogP contribution is 2.18. The zero-order chi connectivity index (χ0) is 15.2. The number of ether oxygens (including phenoxy) is 1. The molecule has 1 aliphatic rings. The summed E-state index contributed by atoms with van der Waals surface area (Å²) >= 11 is 0. The van der Waals surface area contributed by atoms with Crippen LogP contribution in [0.15, 0.2) is 0 Å². The number of hydrogen-bond acceptors (Lipinski definition) is 5. The zero-order valence-electron chi connectivity index (χ0n) is 13.2. The van der Waals surface area contributed by atoms with Crippen LogP contribution in [0.3, 0.4) is 0 Å². The van der Waals surface area contributed by atoms with Crippen molar-refractivity contribution >= 4 is 24.3 Å². The van der Waals surface area contributed by atoms with E-state index in [9.17, 15) is 9.59 Å². The molecule has 1 fully saturated rings. The first-order valence-corrected chi connectivity index (χ1v) is 7.26. The maximum Gasteiger partial charge on any atom is 0.325 e. The average Bonchev–Trinajstić information content (AvgIpc) is 2.35. The van der Waals surface area contributed by atoms with Crippen LogP contribution in [0.4, 0.5) is 0 Å². The molecule has 0 atom stereocenters. The third kappa shape index (κ3) is 8.24. The highest BCUT2D eigenvalue weighted by Gasteiger charge is 2.27. The number of amides is 1. The van der Waals surface area contributed by atoms with Crippen LogP contribution in [0.2, 0.25) is 0 Å². The number of hydrogen-bond donors (Lipinski definition) is 2. The molecule has 0 aliphatic carbocycles. The van der Waals surface area contributed by atoms with E-state index in [0.29, 0.717) is 6.61 Å². The molecule has 124 valence electrons. The van der Waals surface area contributed by atoms with Crippen molar-refractivity contribution in [1.82, 2.24) is 10.2 Å². The Hall–Kier alpha value is -0.850. The number of carbonyl (C=O) groups is 2. The van der Waals surface area contributed by atoms with E-state index in [0.717, 1.165) is 32.5 Å². The van der Waals surface area contributed by atoms with Gasteiger partial charge >= 0.3 is 5.97 Å². The molecule has 7 heteroatoms. The van der Waals surface area contributed by atoms with E-state index in [1.54, 1.807) is 6.92 Å². The normalized spacial score (nSPS) is 17.0. The number of esters is 1. The van der Waals surface area contributed by atoms with Crippen LogP contribution in [-0.4, -0.2) is 55.1 Å². The summed E-state index contributed by atoms with van der Waals surface area (Å²) in [6.07, 6.45) is 1.62. The Morgan fingerprint density at radius 3 is 2.38 bits per heavy atom. The molecule has 0 unspecified atom stereocenters. The molecule has 21 heavy (non-hydrogen) atoms. The van der Waals surface area contributed by atoms with Crippen LogP contribution < -0.4 is 11.1 Å². The van der Waals surface area contributed by atoms with Crippen molar-refractivity contribution in [2.45, 2.75) is 39.2 Å². The number of piperidine rings is 1. The van der Waals surface area contributed by atoms with Crippen LogP contribution >= 0.6 is 12.4 Å². The first kappa shape index (κ1) is 20.1. The summed E-state index contributed by atoms with van der Waals surface area (Å²) in [6.45, 7) is 8.63. The monoisotopic (exact) mass is 321 g/mol. The van der Waals surface area contributed by atoms with Crippen LogP contribution in [0.1, 0.15) is 33.6 Å². The second kappa shape index (κ2) is 9.23. The maximum atomic E-state index is 11.9. The van der Waals surface area contributed by atoms with Gasteiger partial charge in [-0.2, -0.15) is 0 Å². The third-order valence-electron chi connectivity index (χ3n) is 3.30. The summed E-state index contributed by atoms with van der Waals surface area (Å²) in [5.41, 5.74) is 5.79. The van der Waals surface area contributed by atoms with Gasteiger partial charge in [-0.15, -0.1) is 12.4 Å². The highest BCUT2D eigenvalue weighted by atomic mass is 35.5. The molecule has 0 aromatic heterocycles. The molecule has 0 aromatic rings. The Labute approximate surface area is 133 Å². The van der Waals surface area contributed by atoms with Crippen molar-refractivity contribution in [3.63, 3.8) is 0 Å². The molecule has 0 aromatic carbocycles. The van der Waals surface area contributed by atoms with E-state index in [1.807, 2.05) is 13.8 Å². The van der Waals surface area contributed by atoms with Crippen molar-refractivity contribution in [1.29, 1.82) is 0 Å². The number of nitrogens with zero attached hydrogens (tertiary/aromatic N) is 1. The van der Waals surface area contributed by atoms with Crippen molar-refractivity contribution in [2.24, 2.45) is 11.7 Å². The average molecular weight is 322 g/mol. The first-order chi connectivity index (χ1) is 9.31. The van der Waals surface area contributed by atoms with E-state index < -0.39 is 0 Å². The number of likely N-dealkylation sites (tertiary alicyclic amines) is 1. The van der Waals surface area contributed by atoms with Gasteiger partial charge in [-0.3, -0.25) is 9.59 Å². The molecule has 0 radical (unpaired) electrons. The fraction of sp³-hybridized carbons (Fsp3) is 0.857. The van der Waals surface area contributed by atoms with Gasteiger partial charge in [0.1, 0.15) is 6.54 Å². The second-order valence-electron chi connectivity index (χ2n) is 6.06. The molecule has 6 nitrogen and oxygen atoms in total. The molecule has 1 aliphatic heterocycles. The SMILES string of the molecule is CCOC(=O)CNC(=O)C1CCN(CC(C)(C)N)CC1.Cl. The van der Waals surface area contributed by atoms with Gasteiger partial charge in [0, 0.05) is 18.0 Å². The minimum atomic E-state index is -0.386. The molecule has 1 rings (SSSR count). The van der Waals surface area contributed by atoms with E-state index in [2.05, 4.69) is 10.2 Å². The van der Waals surface area contributed by atoms with Gasteiger partial charge in [0.15, 0.2) is 0 Å². The zero-order valence-corrected chi connectivity index (χ0v) is 14.0. The number of carbonyl (C=O) groups excluding carboxylic acids is 2. The number of halogens is 1. The summed E-state index contributed by atoms with van der Waals surface area (Å²) in [5.74, 6) is -0.450. The first-order valence-electron chi connectivity index (χ1n) is 7.26. The predicted octanol–water partition coefficient (Wildman–Crippen LogP) is 0.537. The van der Waals surface area contributed by atoms with Gasteiger partial charge in [0.05, 0.1) is 6.61 Å². The largest absolute Gasteiger partial charge is 0.465 e. The quantitative estimate of drug-likeness (QED) is 0.697. The minimum absolute atomic E-state index is 0. The lowest BCUT2D eigenvalue weighted by Gasteiger charge is -2.35. The van der Waals surface area contributed by atoms with Crippen LogP contribution in [0.25, 0.3) is 0 Å². The minimum Gasteiger partial charge on any atom is -0.465 e. The molecule has 0 bridgehead atoms. The van der Waals surface area contributed by atoms with E-state index in [4.69, 9.17) is 10.5 Å². The molecule has 3 N–H and O–H groups in total. The van der Waals surface area contributed by atoms with E-state index in [1.165, 1.54) is 0 Å². The fourth-order valence-electron chi connectivity index (χ4n) is 2.45. The van der Waals surface area contributed by atoms with Crippen molar-refractivity contribution < 1.29 is 14.3 Å². The molecule has 0 saturated carbocycles. The standard InChI is InChI=1S/C14H27N3O3.ClH/c1-4-20-12(18)9-16-13(19)11-5-7-17(8-6-11)10-14(2,3)15;/h11H,4-10,15H2,1-3H3,(H,16,19);1H. The lowest BCUT2D eigenvalue weighted by atomic mass is 9.94. The smallest absolute Gasteiger partial charge is 0.325 e. The second-order valence-corrected chi connectivity index (χ2v) is 6.06. The fourth-order valence-corrected chi connectivity index (χ4v) is 2.45. The summed E-state index contributed by atoms with van der Waals surface area (Å²) in [6, 6.07) is 0. The van der Waals surface area contributed by atoms with E-state index >= 15 is 0 Å². The third-order valence-corrected chi connectivity index (χ3v) is 3.30. The Bertz CT molecular complexity index is 337. The number of rotatable bonds is 6. The lowest BCUT2D eigenvalue weighted by Crippen LogP contribution is -2.49. The van der Waals surface area contributed by atoms with Gasteiger partial charge in [0.25, 0.3) is 0 Å². The number of nitrogens with one attached hydrogen (secondary N) is 1. The molecule has 1 heterocycles. The van der Waals surface area contributed by atoms with Gasteiger partial charge in [-0.1, -0.05) is 0 Å². The summed E-state index contributed by atoms with van der Waals surface area (Å²) in [5, 5.41) is 2.64. The molecule has 1 amide bonds. The Morgan fingerprint density at radius 2 is 1.90 bits per heavy atom. The Kier molecular flexibility index (Phi) is 8.85. The van der Waals surface area contributed by atoms with Gasteiger partial charge < -0.3 is 20.7 Å². The summed E-state index contributed by atoms with van der Waals surface area (Å²) in [7, 11) is 0. The van der Waals surface area contributed by atoms with Crippen LogP contribution in [0, 0.1) is 5.92 Å². The summed E-state index contributed by atoms with van der Waals surface area (Å²) < 4.78 is 4.78. The van der Waals surface area contributed by atoms with Crippen LogP contribution in [0.5, 0.6) is 0 Å². The number of nitrogens with two attached hydrogens (primary N) is 1. The van der Waals surface area contributed by atoms with Crippen molar-refractivity contribution in [3.8, 4) is 0 Å². The molecule has 0 spiro atoms. The van der Waals surface area contributed by atoms with E-state index in [-0.39, 0.29) is 42.3 Å².